The maximum absolute atomic E-state index is 7.00. The highest BCUT2D eigenvalue weighted by Gasteiger charge is 1.95. The second kappa shape index (κ2) is 29.5. The summed E-state index contributed by atoms with van der Waals surface area (Å²) in [6.07, 6.45) is 15.9. The van der Waals surface area contributed by atoms with Crippen LogP contribution in [0.3, 0.4) is 0 Å². The smallest absolute Gasteiger partial charge is 0.0858 e. The summed E-state index contributed by atoms with van der Waals surface area (Å²) in [4.78, 5) is 0. The SMILES string of the molecule is C1CCCCC1.CC=COC=CC.CO.CO. The molecule has 2 N–H and O–H groups in total. The van der Waals surface area contributed by atoms with Gasteiger partial charge < -0.3 is 14.9 Å². The molecule has 0 radical (unpaired) electrons. The molecule has 0 spiro atoms. The van der Waals surface area contributed by atoms with E-state index in [1.807, 2.05) is 26.0 Å². The molecule has 0 aromatic heterocycles. The van der Waals surface area contributed by atoms with Crippen LogP contribution in [0.25, 0.3) is 0 Å². The van der Waals surface area contributed by atoms with Crippen molar-refractivity contribution in [3.63, 3.8) is 0 Å². The van der Waals surface area contributed by atoms with E-state index in [0.29, 0.717) is 0 Å². The molecule has 0 unspecified atom stereocenters. The monoisotopic (exact) mass is 246 g/mol. The molecule has 1 fully saturated rings. The Balaban J connectivity index is -0.000000179. The number of hydrogen-bond acceptors (Lipinski definition) is 3. The molecular weight excluding hydrogens is 216 g/mol. The Hall–Kier alpha value is -0.800. The third-order valence-corrected chi connectivity index (χ3v) is 1.93. The van der Waals surface area contributed by atoms with Crippen LogP contribution in [0.4, 0.5) is 0 Å². The highest BCUT2D eigenvalue weighted by molar-refractivity contribution is 4.73. The molecule has 1 aliphatic carbocycles. The first-order chi connectivity index (χ1) is 8.41. The van der Waals surface area contributed by atoms with Gasteiger partial charge in [0.25, 0.3) is 0 Å². The first kappa shape index (κ1) is 21.5. The lowest BCUT2D eigenvalue weighted by Crippen LogP contribution is -1.85. The van der Waals surface area contributed by atoms with Crippen molar-refractivity contribution in [1.82, 2.24) is 0 Å². The van der Waals surface area contributed by atoms with Crippen LogP contribution in [0.2, 0.25) is 0 Å². The van der Waals surface area contributed by atoms with Crippen LogP contribution >= 0.6 is 0 Å². The molecule has 1 aliphatic rings. The Morgan fingerprint density at radius 2 is 0.882 bits per heavy atom. The fraction of sp³-hybridized carbons (Fsp3) is 0.714. The lowest BCUT2D eigenvalue weighted by molar-refractivity contribution is 0.399. The van der Waals surface area contributed by atoms with Crippen molar-refractivity contribution < 1.29 is 14.9 Å². The molecule has 0 saturated heterocycles. The number of aliphatic hydroxyl groups excluding tert-OH is 2. The van der Waals surface area contributed by atoms with Crippen molar-refractivity contribution >= 4 is 0 Å². The molecule has 1 rings (SSSR count). The molecule has 104 valence electrons. The van der Waals surface area contributed by atoms with Gasteiger partial charge in [0.2, 0.25) is 0 Å². The molecule has 0 aromatic rings. The van der Waals surface area contributed by atoms with E-state index in [1.54, 1.807) is 12.5 Å². The zero-order valence-corrected chi connectivity index (χ0v) is 11.9. The summed E-state index contributed by atoms with van der Waals surface area (Å²) >= 11 is 0. The lowest BCUT2D eigenvalue weighted by Gasteiger charge is -2.05. The van der Waals surface area contributed by atoms with Crippen LogP contribution < -0.4 is 0 Å². The third kappa shape index (κ3) is 31.3. The Morgan fingerprint density at radius 3 is 1.06 bits per heavy atom. The summed E-state index contributed by atoms with van der Waals surface area (Å²) in [5, 5.41) is 14.0. The van der Waals surface area contributed by atoms with Gasteiger partial charge in [0.05, 0.1) is 12.5 Å². The quantitative estimate of drug-likeness (QED) is 0.731. The van der Waals surface area contributed by atoms with Gasteiger partial charge in [-0.3, -0.25) is 0 Å². The fourth-order valence-corrected chi connectivity index (χ4v) is 1.26. The number of hydrogen-bond donors (Lipinski definition) is 2. The van der Waals surface area contributed by atoms with Crippen LogP contribution in [-0.2, 0) is 4.74 Å². The lowest BCUT2D eigenvalue weighted by atomic mass is 10.0. The van der Waals surface area contributed by atoms with Gasteiger partial charge in [0.1, 0.15) is 0 Å². The zero-order valence-electron chi connectivity index (χ0n) is 11.9. The van der Waals surface area contributed by atoms with Gasteiger partial charge in [-0.05, 0) is 13.8 Å². The number of ether oxygens (including phenoxy) is 1. The van der Waals surface area contributed by atoms with E-state index < -0.39 is 0 Å². The first-order valence-electron chi connectivity index (χ1n) is 6.19. The Bertz CT molecular complexity index is 117. The molecule has 0 heterocycles. The molecule has 3 heteroatoms. The summed E-state index contributed by atoms with van der Waals surface area (Å²) in [5.74, 6) is 0. The predicted octanol–water partition coefficient (Wildman–Crippen LogP) is 3.63. The highest BCUT2D eigenvalue weighted by Crippen LogP contribution is 2.15. The minimum atomic E-state index is 1.00. The topological polar surface area (TPSA) is 49.7 Å². The van der Waals surface area contributed by atoms with Crippen molar-refractivity contribution in [3.05, 3.63) is 24.7 Å². The Labute approximate surface area is 107 Å². The molecule has 0 bridgehead atoms. The summed E-state index contributed by atoms with van der Waals surface area (Å²) in [7, 11) is 2.00. The molecule has 0 amide bonds. The number of aliphatic hydroxyl groups is 2. The molecule has 0 aromatic carbocycles. The summed E-state index contributed by atoms with van der Waals surface area (Å²) in [6, 6.07) is 0. The van der Waals surface area contributed by atoms with Crippen molar-refractivity contribution in [1.29, 1.82) is 0 Å². The van der Waals surface area contributed by atoms with Gasteiger partial charge in [-0.15, -0.1) is 0 Å². The summed E-state index contributed by atoms with van der Waals surface area (Å²) < 4.78 is 4.77. The fourth-order valence-electron chi connectivity index (χ4n) is 1.26. The number of allylic oxidation sites excluding steroid dienone is 2. The average molecular weight is 246 g/mol. The van der Waals surface area contributed by atoms with Crippen molar-refractivity contribution in [2.45, 2.75) is 52.4 Å². The van der Waals surface area contributed by atoms with E-state index in [0.717, 1.165) is 14.2 Å². The Morgan fingerprint density at radius 1 is 0.647 bits per heavy atom. The van der Waals surface area contributed by atoms with Gasteiger partial charge >= 0.3 is 0 Å². The van der Waals surface area contributed by atoms with Crippen LogP contribution in [0, 0.1) is 0 Å². The van der Waals surface area contributed by atoms with E-state index in [4.69, 9.17) is 14.9 Å². The minimum absolute atomic E-state index is 1.00. The van der Waals surface area contributed by atoms with E-state index in [-0.39, 0.29) is 0 Å². The highest BCUT2D eigenvalue weighted by atomic mass is 16.5. The predicted molar refractivity (Wildman–Crippen MR) is 74.7 cm³/mol. The summed E-state index contributed by atoms with van der Waals surface area (Å²) in [6.45, 7) is 3.81. The van der Waals surface area contributed by atoms with Crippen molar-refractivity contribution in [3.8, 4) is 0 Å². The van der Waals surface area contributed by atoms with Gasteiger partial charge in [-0.25, -0.2) is 0 Å². The van der Waals surface area contributed by atoms with Crippen LogP contribution in [-0.4, -0.2) is 24.4 Å². The van der Waals surface area contributed by atoms with Crippen LogP contribution in [0.5, 0.6) is 0 Å². The molecular formula is C14H30O3. The largest absolute Gasteiger partial charge is 0.473 e. The van der Waals surface area contributed by atoms with Crippen LogP contribution in [0.1, 0.15) is 52.4 Å². The first-order valence-corrected chi connectivity index (χ1v) is 6.19. The molecule has 17 heavy (non-hydrogen) atoms. The van der Waals surface area contributed by atoms with E-state index >= 15 is 0 Å². The average Bonchev–Trinajstić information content (AvgIpc) is 2.46. The standard InChI is InChI=1S/C6H10O.C6H12.2CH4O/c1-3-5-7-6-4-2;1-2-4-6-5-3-1;2*1-2/h3-6H,1-2H3;1-6H2;2*2H,1H3. The molecule has 1 saturated carbocycles. The van der Waals surface area contributed by atoms with Gasteiger partial charge in [0.15, 0.2) is 0 Å². The maximum atomic E-state index is 7.00. The zero-order chi connectivity index (χ0) is 13.8. The van der Waals surface area contributed by atoms with Crippen LogP contribution in [0.15, 0.2) is 24.7 Å². The van der Waals surface area contributed by atoms with Crippen molar-refractivity contribution in [2.75, 3.05) is 14.2 Å². The minimum Gasteiger partial charge on any atom is -0.473 e. The number of rotatable bonds is 2. The Kier molecular flexibility index (Phi) is 37.2. The second-order valence-electron chi connectivity index (χ2n) is 3.20. The third-order valence-electron chi connectivity index (χ3n) is 1.93. The molecule has 0 atom stereocenters. The van der Waals surface area contributed by atoms with Crippen molar-refractivity contribution in [2.24, 2.45) is 0 Å². The van der Waals surface area contributed by atoms with E-state index in [9.17, 15) is 0 Å². The van der Waals surface area contributed by atoms with E-state index in [2.05, 4.69) is 0 Å². The maximum Gasteiger partial charge on any atom is 0.0858 e. The van der Waals surface area contributed by atoms with Gasteiger partial charge in [0, 0.05) is 14.2 Å². The molecule has 0 aliphatic heterocycles. The normalized spacial score (nSPS) is 13.8. The van der Waals surface area contributed by atoms with Gasteiger partial charge in [-0.1, -0.05) is 50.7 Å². The second-order valence-corrected chi connectivity index (χ2v) is 3.20. The van der Waals surface area contributed by atoms with E-state index in [1.165, 1.54) is 38.5 Å². The van der Waals surface area contributed by atoms with Gasteiger partial charge in [-0.2, -0.15) is 0 Å². The molecule has 3 nitrogen and oxygen atoms in total. The summed E-state index contributed by atoms with van der Waals surface area (Å²) in [5.41, 5.74) is 0.